The van der Waals surface area contributed by atoms with Crippen LogP contribution in [-0.4, -0.2) is 9.97 Å². The second kappa shape index (κ2) is 7.32. The first kappa shape index (κ1) is 18.7. The Labute approximate surface area is 192 Å². The van der Waals surface area contributed by atoms with Gasteiger partial charge in [0.05, 0.1) is 26.4 Å². The first-order valence-electron chi connectivity index (χ1n) is 10.6. The minimum absolute atomic E-state index is 0.531. The van der Waals surface area contributed by atoms with Crippen LogP contribution in [0.4, 0.5) is 0 Å². The number of benzene rings is 2. The number of rotatable bonds is 0. The third kappa shape index (κ3) is 3.11. The molecular weight excluding hydrogens is 436 g/mol. The molecule has 0 saturated heterocycles. The predicted octanol–water partition coefficient (Wildman–Crippen LogP) is 6.96. The van der Waals surface area contributed by atoms with Crippen LogP contribution >= 0.6 is 22.7 Å². The van der Waals surface area contributed by atoms with Crippen LogP contribution in [0.5, 0.6) is 0 Å². The summed E-state index contributed by atoms with van der Waals surface area (Å²) in [7, 11) is 0. The van der Waals surface area contributed by atoms with Crippen LogP contribution in [0.25, 0.3) is 40.6 Å². The van der Waals surface area contributed by atoms with E-state index in [4.69, 9.17) is 9.47 Å². The number of ether oxygens (including phenoxy) is 2. The molecule has 8 bridgehead atoms. The van der Waals surface area contributed by atoms with E-state index in [2.05, 4.69) is 58.5 Å². The molecule has 0 unspecified atom stereocenters. The molecule has 4 nitrogen and oxygen atoms in total. The van der Waals surface area contributed by atoms with Crippen molar-refractivity contribution in [2.24, 2.45) is 0 Å². The third-order valence-electron chi connectivity index (χ3n) is 5.97. The van der Waals surface area contributed by atoms with Crippen molar-refractivity contribution in [2.45, 2.75) is 26.4 Å². The molecule has 0 atom stereocenters. The molecule has 5 heterocycles. The average molecular weight is 455 g/mol. The lowest BCUT2D eigenvalue weighted by molar-refractivity contribution is 0.107. The van der Waals surface area contributed by atoms with Crippen LogP contribution in [0.1, 0.15) is 22.3 Å². The highest BCUT2D eigenvalue weighted by atomic mass is 32.1. The van der Waals surface area contributed by atoms with Gasteiger partial charge in [-0.3, -0.25) is 0 Å². The monoisotopic (exact) mass is 454 g/mol. The SMILES string of the molecule is c1cc2sc3ccc4cc3c2cc1COCc1cnc2sc3ncc(cc3c2c1)COC4. The lowest BCUT2D eigenvalue weighted by Gasteiger charge is -2.07. The highest BCUT2D eigenvalue weighted by molar-refractivity contribution is 7.26. The lowest BCUT2D eigenvalue weighted by Crippen LogP contribution is -1.96. The molecule has 0 fully saturated rings. The molecule has 0 spiro atoms. The summed E-state index contributed by atoms with van der Waals surface area (Å²) in [6, 6.07) is 17.7. The first-order chi connectivity index (χ1) is 15.8. The molecule has 0 amide bonds. The van der Waals surface area contributed by atoms with Crippen LogP contribution in [-0.2, 0) is 35.9 Å². The van der Waals surface area contributed by atoms with Crippen molar-refractivity contribution in [1.29, 1.82) is 0 Å². The van der Waals surface area contributed by atoms with Gasteiger partial charge >= 0.3 is 0 Å². The summed E-state index contributed by atoms with van der Waals surface area (Å²) in [6.45, 7) is 2.21. The van der Waals surface area contributed by atoms with E-state index in [-0.39, 0.29) is 0 Å². The van der Waals surface area contributed by atoms with Gasteiger partial charge in [0.25, 0.3) is 0 Å². The van der Waals surface area contributed by atoms with Gasteiger partial charge in [0.1, 0.15) is 9.66 Å². The maximum atomic E-state index is 6.09. The summed E-state index contributed by atoms with van der Waals surface area (Å²) in [4.78, 5) is 11.4. The number of hydrogen-bond donors (Lipinski definition) is 0. The van der Waals surface area contributed by atoms with Gasteiger partial charge in [-0.25, -0.2) is 9.97 Å². The zero-order chi connectivity index (χ0) is 21.1. The lowest BCUT2D eigenvalue weighted by atomic mass is 10.1. The molecule has 156 valence electrons. The second-order valence-corrected chi connectivity index (χ2v) is 10.3. The molecule has 0 N–H and O–H groups in total. The summed E-state index contributed by atoms with van der Waals surface area (Å²) >= 11 is 3.46. The molecule has 2 aromatic carbocycles. The smallest absolute Gasteiger partial charge is 0.125 e. The van der Waals surface area contributed by atoms with Crippen molar-refractivity contribution >= 4 is 63.3 Å². The van der Waals surface area contributed by atoms with Crippen molar-refractivity contribution in [3.05, 3.63) is 83.2 Å². The predicted molar refractivity (Wildman–Crippen MR) is 131 cm³/mol. The minimum Gasteiger partial charge on any atom is -0.372 e. The Bertz CT molecular complexity index is 1410. The average Bonchev–Trinajstić information content (AvgIpc) is 3.36. The minimum atomic E-state index is 0.531. The molecule has 0 saturated carbocycles. The van der Waals surface area contributed by atoms with Gasteiger partial charge in [-0.15, -0.1) is 11.3 Å². The number of thiophene rings is 2. The topological polar surface area (TPSA) is 44.2 Å². The summed E-state index contributed by atoms with van der Waals surface area (Å²) in [5.74, 6) is 0. The standard InChI is InChI=1S/C26H18N2O2S2/c1-3-23-19-5-15(1)11-29-13-17-7-21-22-8-18(10-28-26(22)32-25(21)27-9-17)14-30-12-16-2-4-24(31-23)20(19)6-16/h1-10H,11-14H2. The maximum absolute atomic E-state index is 6.09. The van der Waals surface area contributed by atoms with E-state index in [1.54, 1.807) is 11.3 Å². The van der Waals surface area contributed by atoms with Crippen LogP contribution in [0.3, 0.4) is 0 Å². The van der Waals surface area contributed by atoms with Crippen molar-refractivity contribution < 1.29 is 9.47 Å². The molecule has 6 aromatic rings. The Morgan fingerprint density at radius 2 is 1.00 bits per heavy atom. The number of pyridine rings is 2. The summed E-state index contributed by atoms with van der Waals surface area (Å²) in [5, 5.41) is 4.84. The van der Waals surface area contributed by atoms with Crippen molar-refractivity contribution in [3.63, 3.8) is 0 Å². The van der Waals surface area contributed by atoms with Gasteiger partial charge < -0.3 is 9.47 Å². The van der Waals surface area contributed by atoms with Gasteiger partial charge in [-0.1, -0.05) is 23.5 Å². The van der Waals surface area contributed by atoms with E-state index in [1.807, 2.05) is 23.7 Å². The van der Waals surface area contributed by atoms with Gasteiger partial charge in [0, 0.05) is 43.3 Å². The highest BCUT2D eigenvalue weighted by Gasteiger charge is 2.11. The summed E-state index contributed by atoms with van der Waals surface area (Å²) < 4.78 is 14.8. The quantitative estimate of drug-likeness (QED) is 0.249. The van der Waals surface area contributed by atoms with E-state index in [1.165, 1.54) is 31.3 Å². The third-order valence-corrected chi connectivity index (χ3v) is 8.16. The summed E-state index contributed by atoms with van der Waals surface area (Å²) in [5.41, 5.74) is 4.52. The molecular formula is C26H18N2O2S2. The van der Waals surface area contributed by atoms with Crippen LogP contribution in [0, 0.1) is 0 Å². The zero-order valence-corrected chi connectivity index (χ0v) is 18.8. The molecule has 0 radical (unpaired) electrons. The Morgan fingerprint density at radius 3 is 1.53 bits per heavy atom. The van der Waals surface area contributed by atoms with E-state index in [0.717, 1.165) is 31.6 Å². The van der Waals surface area contributed by atoms with Gasteiger partial charge in [-0.05, 0) is 58.7 Å². The normalized spacial score (nSPS) is 14.8. The van der Waals surface area contributed by atoms with Gasteiger partial charge in [0.2, 0.25) is 0 Å². The second-order valence-electron chi connectivity index (χ2n) is 8.24. The Morgan fingerprint density at radius 1 is 0.531 bits per heavy atom. The molecule has 6 heteroatoms. The number of fused-ring (bicyclic) bond motifs is 4. The Kier molecular flexibility index (Phi) is 4.27. The number of aromatic nitrogens is 2. The fraction of sp³-hybridized carbons (Fsp3) is 0.154. The van der Waals surface area contributed by atoms with Crippen molar-refractivity contribution in [3.8, 4) is 0 Å². The number of nitrogens with zero attached hydrogens (tertiary/aromatic N) is 2. The zero-order valence-electron chi connectivity index (χ0n) is 17.1. The maximum Gasteiger partial charge on any atom is 0.125 e. The molecule has 0 aliphatic carbocycles. The largest absolute Gasteiger partial charge is 0.372 e. The van der Waals surface area contributed by atoms with E-state index < -0.39 is 0 Å². The van der Waals surface area contributed by atoms with Crippen LogP contribution in [0.2, 0.25) is 0 Å². The van der Waals surface area contributed by atoms with Crippen molar-refractivity contribution in [1.82, 2.24) is 9.97 Å². The van der Waals surface area contributed by atoms with Crippen LogP contribution in [0.15, 0.2) is 60.9 Å². The van der Waals surface area contributed by atoms with E-state index in [0.29, 0.717) is 26.4 Å². The van der Waals surface area contributed by atoms with E-state index in [9.17, 15) is 0 Å². The molecule has 1 aliphatic heterocycles. The van der Waals surface area contributed by atoms with E-state index >= 15 is 0 Å². The Hall–Kier alpha value is -2.90. The molecule has 4 aromatic heterocycles. The first-order valence-corrected chi connectivity index (χ1v) is 12.2. The van der Waals surface area contributed by atoms with Crippen LogP contribution < -0.4 is 0 Å². The molecule has 32 heavy (non-hydrogen) atoms. The fourth-order valence-corrected chi connectivity index (χ4v) is 6.43. The number of hydrogen-bond acceptors (Lipinski definition) is 6. The van der Waals surface area contributed by atoms with Crippen molar-refractivity contribution in [2.75, 3.05) is 0 Å². The fourth-order valence-electron chi connectivity index (χ4n) is 4.41. The Balaban J connectivity index is 1.35. The molecule has 7 rings (SSSR count). The highest BCUT2D eigenvalue weighted by Crippen LogP contribution is 2.36. The van der Waals surface area contributed by atoms with Gasteiger partial charge in [-0.2, -0.15) is 0 Å². The summed E-state index contributed by atoms with van der Waals surface area (Å²) in [6.07, 6.45) is 3.83. The molecule has 1 aliphatic rings. The van der Waals surface area contributed by atoms with Gasteiger partial charge in [0.15, 0.2) is 0 Å².